The van der Waals surface area contributed by atoms with Crippen LogP contribution >= 0.6 is 11.6 Å². The monoisotopic (exact) mass is 215 g/mol. The van der Waals surface area contributed by atoms with Gasteiger partial charge in [0.15, 0.2) is 11.5 Å². The van der Waals surface area contributed by atoms with E-state index in [-0.39, 0.29) is 10.8 Å². The maximum atomic E-state index is 9.63. The minimum absolute atomic E-state index is 0.0646. The van der Waals surface area contributed by atoms with Crippen molar-refractivity contribution in [2.24, 2.45) is 5.73 Å². The van der Waals surface area contributed by atoms with Gasteiger partial charge in [-0.25, -0.2) is 0 Å². The van der Waals surface area contributed by atoms with Crippen molar-refractivity contribution in [3.8, 4) is 11.5 Å². The van der Waals surface area contributed by atoms with Gasteiger partial charge in [-0.2, -0.15) is 0 Å². The van der Waals surface area contributed by atoms with Crippen molar-refractivity contribution in [1.29, 1.82) is 0 Å². The lowest BCUT2D eigenvalue weighted by molar-refractivity contribution is 0.358. The highest BCUT2D eigenvalue weighted by atomic mass is 35.5. The first-order valence-corrected chi connectivity index (χ1v) is 4.60. The third-order valence-corrected chi connectivity index (χ3v) is 2.29. The van der Waals surface area contributed by atoms with Crippen LogP contribution in [0.15, 0.2) is 12.1 Å². The van der Waals surface area contributed by atoms with Crippen LogP contribution in [0.25, 0.3) is 0 Å². The van der Waals surface area contributed by atoms with Gasteiger partial charge in [-0.05, 0) is 19.9 Å². The number of hydrogen-bond acceptors (Lipinski definition) is 3. The molecule has 78 valence electrons. The van der Waals surface area contributed by atoms with Crippen LogP contribution in [0.5, 0.6) is 11.5 Å². The summed E-state index contributed by atoms with van der Waals surface area (Å²) >= 11 is 5.74. The molecule has 0 aliphatic heterocycles. The number of ether oxygens (including phenoxy) is 1. The molecule has 0 aliphatic carbocycles. The molecule has 1 aromatic rings. The average Bonchev–Trinajstić information content (AvgIpc) is 2.07. The molecule has 14 heavy (non-hydrogen) atoms. The van der Waals surface area contributed by atoms with Crippen molar-refractivity contribution in [3.05, 3.63) is 22.7 Å². The second-order valence-electron chi connectivity index (χ2n) is 3.70. The van der Waals surface area contributed by atoms with Gasteiger partial charge in [-0.1, -0.05) is 17.7 Å². The number of nitrogens with two attached hydrogens (primary N) is 1. The van der Waals surface area contributed by atoms with Gasteiger partial charge in [0.05, 0.1) is 12.1 Å². The fourth-order valence-electron chi connectivity index (χ4n) is 1.26. The summed E-state index contributed by atoms with van der Waals surface area (Å²) in [6, 6.07) is 3.35. The van der Waals surface area contributed by atoms with Crippen LogP contribution in [0.2, 0.25) is 5.02 Å². The zero-order valence-corrected chi connectivity index (χ0v) is 9.22. The van der Waals surface area contributed by atoms with Gasteiger partial charge in [0.25, 0.3) is 0 Å². The number of rotatable bonds is 2. The predicted molar refractivity (Wildman–Crippen MR) is 56.9 cm³/mol. The van der Waals surface area contributed by atoms with E-state index in [2.05, 4.69) is 0 Å². The summed E-state index contributed by atoms with van der Waals surface area (Å²) in [5, 5.41) is 9.89. The van der Waals surface area contributed by atoms with Crippen LogP contribution in [-0.2, 0) is 5.54 Å². The maximum absolute atomic E-state index is 9.63. The Kier molecular flexibility index (Phi) is 2.92. The second kappa shape index (κ2) is 3.67. The summed E-state index contributed by atoms with van der Waals surface area (Å²) in [6.45, 7) is 3.66. The molecule has 0 unspecified atom stereocenters. The third-order valence-electron chi connectivity index (χ3n) is 1.98. The van der Waals surface area contributed by atoms with E-state index in [1.165, 1.54) is 7.11 Å². The van der Waals surface area contributed by atoms with Crippen molar-refractivity contribution in [2.75, 3.05) is 7.11 Å². The van der Waals surface area contributed by atoms with E-state index in [0.29, 0.717) is 5.75 Å². The Morgan fingerprint density at radius 2 is 2.00 bits per heavy atom. The van der Waals surface area contributed by atoms with E-state index in [4.69, 9.17) is 22.1 Å². The number of halogens is 1. The second-order valence-corrected chi connectivity index (χ2v) is 4.11. The number of methoxy groups -OCH3 is 1. The Bertz CT molecular complexity index is 345. The van der Waals surface area contributed by atoms with E-state index >= 15 is 0 Å². The van der Waals surface area contributed by atoms with E-state index in [9.17, 15) is 5.11 Å². The molecule has 0 radical (unpaired) electrons. The largest absolute Gasteiger partial charge is 0.503 e. The highest BCUT2D eigenvalue weighted by molar-refractivity contribution is 6.32. The topological polar surface area (TPSA) is 55.5 Å². The quantitative estimate of drug-likeness (QED) is 0.796. The predicted octanol–water partition coefficient (Wildman–Crippen LogP) is 2.25. The SMILES string of the molecule is COc1c(C(C)(C)N)ccc(Cl)c1O. The highest BCUT2D eigenvalue weighted by Crippen LogP contribution is 2.40. The molecule has 0 atom stereocenters. The van der Waals surface area contributed by atoms with Crippen molar-refractivity contribution in [3.63, 3.8) is 0 Å². The molecule has 4 heteroatoms. The highest BCUT2D eigenvalue weighted by Gasteiger charge is 2.22. The molecule has 0 saturated carbocycles. The lowest BCUT2D eigenvalue weighted by atomic mass is 9.94. The van der Waals surface area contributed by atoms with Gasteiger partial charge in [-0.3, -0.25) is 0 Å². The lowest BCUT2D eigenvalue weighted by Crippen LogP contribution is -2.29. The smallest absolute Gasteiger partial charge is 0.177 e. The van der Waals surface area contributed by atoms with Gasteiger partial charge in [0.2, 0.25) is 0 Å². The Labute approximate surface area is 88.4 Å². The van der Waals surface area contributed by atoms with Crippen molar-refractivity contribution in [1.82, 2.24) is 0 Å². The van der Waals surface area contributed by atoms with Crippen LogP contribution < -0.4 is 10.5 Å². The van der Waals surface area contributed by atoms with Gasteiger partial charge in [0.1, 0.15) is 0 Å². The fourth-order valence-corrected chi connectivity index (χ4v) is 1.41. The number of phenols is 1. The average molecular weight is 216 g/mol. The Morgan fingerprint density at radius 1 is 1.43 bits per heavy atom. The molecule has 3 N–H and O–H groups in total. The number of phenolic OH excluding ortho intramolecular Hbond substituents is 1. The molecule has 0 saturated heterocycles. The molecular formula is C10H14ClNO2. The molecule has 0 bridgehead atoms. The molecule has 0 aromatic heterocycles. The summed E-state index contributed by atoms with van der Waals surface area (Å²) in [7, 11) is 1.47. The first-order valence-electron chi connectivity index (χ1n) is 4.22. The van der Waals surface area contributed by atoms with Crippen LogP contribution in [0.4, 0.5) is 0 Å². The molecule has 0 amide bonds. The molecule has 3 nitrogen and oxygen atoms in total. The molecule has 0 spiro atoms. The van der Waals surface area contributed by atoms with Gasteiger partial charge >= 0.3 is 0 Å². The van der Waals surface area contributed by atoms with Crippen LogP contribution in [0.3, 0.4) is 0 Å². The van der Waals surface area contributed by atoms with Gasteiger partial charge < -0.3 is 15.6 Å². The summed E-state index contributed by atoms with van der Waals surface area (Å²) in [5.41, 5.74) is 6.07. The molecule has 1 rings (SSSR count). The maximum Gasteiger partial charge on any atom is 0.177 e. The summed E-state index contributed by atoms with van der Waals surface area (Å²) in [6.07, 6.45) is 0. The summed E-state index contributed by atoms with van der Waals surface area (Å²) in [5.74, 6) is 0.273. The van der Waals surface area contributed by atoms with Crippen LogP contribution in [0, 0.1) is 0 Å². The standard InChI is InChI=1S/C10H14ClNO2/c1-10(2,12)6-4-5-7(11)8(13)9(6)14-3/h4-5,13H,12H2,1-3H3. The number of benzene rings is 1. The lowest BCUT2D eigenvalue weighted by Gasteiger charge is -2.22. The number of aromatic hydroxyl groups is 1. The van der Waals surface area contributed by atoms with Crippen LogP contribution in [0.1, 0.15) is 19.4 Å². The van der Waals surface area contributed by atoms with Crippen LogP contribution in [-0.4, -0.2) is 12.2 Å². The Morgan fingerprint density at radius 3 is 2.43 bits per heavy atom. The van der Waals surface area contributed by atoms with E-state index in [0.717, 1.165) is 5.56 Å². The Balaban J connectivity index is 3.39. The third kappa shape index (κ3) is 1.94. The fraction of sp³-hybridized carbons (Fsp3) is 0.400. The van der Waals surface area contributed by atoms with Gasteiger partial charge in [0, 0.05) is 11.1 Å². The summed E-state index contributed by atoms with van der Waals surface area (Å²) < 4.78 is 5.07. The Hall–Kier alpha value is -0.930. The molecule has 0 heterocycles. The van der Waals surface area contributed by atoms with Gasteiger partial charge in [-0.15, -0.1) is 0 Å². The van der Waals surface area contributed by atoms with E-state index in [1.807, 2.05) is 13.8 Å². The molecule has 1 aromatic carbocycles. The minimum atomic E-state index is -0.576. The normalized spacial score (nSPS) is 11.5. The van der Waals surface area contributed by atoms with E-state index < -0.39 is 5.54 Å². The van der Waals surface area contributed by atoms with Crippen molar-refractivity contribution in [2.45, 2.75) is 19.4 Å². The molecule has 0 aliphatic rings. The van der Waals surface area contributed by atoms with E-state index in [1.54, 1.807) is 12.1 Å². The number of hydrogen-bond donors (Lipinski definition) is 2. The van der Waals surface area contributed by atoms with Crippen molar-refractivity contribution < 1.29 is 9.84 Å². The first-order chi connectivity index (χ1) is 6.38. The summed E-state index contributed by atoms with van der Waals surface area (Å²) in [4.78, 5) is 0. The first kappa shape index (κ1) is 11.1. The molecule has 0 fully saturated rings. The van der Waals surface area contributed by atoms with Crippen molar-refractivity contribution >= 4 is 11.6 Å². The zero-order valence-electron chi connectivity index (χ0n) is 8.47. The molecular weight excluding hydrogens is 202 g/mol. The zero-order chi connectivity index (χ0) is 10.9. The minimum Gasteiger partial charge on any atom is -0.503 e.